The maximum Gasteiger partial charge on any atom is 0.231 e. The molecule has 1 saturated heterocycles. The Balaban J connectivity index is 1.44. The van der Waals surface area contributed by atoms with Crippen molar-refractivity contribution in [3.05, 3.63) is 59.7 Å². The van der Waals surface area contributed by atoms with Gasteiger partial charge in [0.15, 0.2) is 11.5 Å². The van der Waals surface area contributed by atoms with E-state index in [0.29, 0.717) is 13.0 Å². The fraction of sp³-hybridized carbons (Fsp3) is 0.429. The van der Waals surface area contributed by atoms with Crippen LogP contribution < -0.4 is 14.2 Å². The van der Waals surface area contributed by atoms with E-state index in [-0.39, 0.29) is 18.6 Å². The van der Waals surface area contributed by atoms with Crippen LogP contribution in [-0.4, -0.2) is 45.5 Å². The SMILES string of the molecule is O=S(=O)(CCc1ccccc1)NC[C@@H](c1ccc2c(c1)OCO2)N1CCCC1. The Morgan fingerprint density at radius 2 is 1.75 bits per heavy atom. The molecule has 1 fully saturated rings. The van der Waals surface area contributed by atoms with Gasteiger partial charge in [0.2, 0.25) is 16.8 Å². The van der Waals surface area contributed by atoms with Gasteiger partial charge in [0.1, 0.15) is 0 Å². The third-order valence-corrected chi connectivity index (χ3v) is 6.71. The molecular formula is C21H26N2O4S. The molecule has 2 aliphatic heterocycles. The van der Waals surface area contributed by atoms with Gasteiger partial charge in [-0.05, 0) is 55.6 Å². The summed E-state index contributed by atoms with van der Waals surface area (Å²) < 4.78 is 38.9. The second-order valence-electron chi connectivity index (χ2n) is 7.27. The molecule has 150 valence electrons. The summed E-state index contributed by atoms with van der Waals surface area (Å²) in [5.74, 6) is 1.56. The van der Waals surface area contributed by atoms with Crippen LogP contribution in [0.25, 0.3) is 0 Å². The van der Waals surface area contributed by atoms with Crippen molar-refractivity contribution in [2.75, 3.05) is 32.2 Å². The Morgan fingerprint density at radius 1 is 1.00 bits per heavy atom. The van der Waals surface area contributed by atoms with Crippen molar-refractivity contribution in [1.82, 2.24) is 9.62 Å². The largest absolute Gasteiger partial charge is 0.454 e. The Hall–Kier alpha value is -2.09. The molecule has 0 aliphatic carbocycles. The molecule has 0 saturated carbocycles. The summed E-state index contributed by atoms with van der Waals surface area (Å²) >= 11 is 0. The molecule has 4 rings (SSSR count). The van der Waals surface area contributed by atoms with Crippen molar-refractivity contribution in [2.24, 2.45) is 0 Å². The third-order valence-electron chi connectivity index (χ3n) is 5.36. The second kappa shape index (κ2) is 8.51. The van der Waals surface area contributed by atoms with E-state index < -0.39 is 10.0 Å². The number of nitrogens with zero attached hydrogens (tertiary/aromatic N) is 1. The summed E-state index contributed by atoms with van der Waals surface area (Å²) in [6, 6.07) is 15.6. The molecular weight excluding hydrogens is 376 g/mol. The van der Waals surface area contributed by atoms with Crippen LogP contribution in [0, 0.1) is 0 Å². The van der Waals surface area contributed by atoms with E-state index in [9.17, 15) is 8.42 Å². The molecule has 6 nitrogen and oxygen atoms in total. The number of likely N-dealkylation sites (tertiary alicyclic amines) is 1. The van der Waals surface area contributed by atoms with E-state index in [1.807, 2.05) is 48.5 Å². The Kier molecular flexibility index (Phi) is 5.85. The molecule has 0 spiro atoms. The summed E-state index contributed by atoms with van der Waals surface area (Å²) in [6.07, 6.45) is 2.79. The molecule has 2 heterocycles. The van der Waals surface area contributed by atoms with Crippen LogP contribution in [0.4, 0.5) is 0 Å². The van der Waals surface area contributed by atoms with E-state index in [4.69, 9.17) is 9.47 Å². The number of hydrogen-bond donors (Lipinski definition) is 1. The topological polar surface area (TPSA) is 67.9 Å². The molecule has 0 bridgehead atoms. The molecule has 2 aromatic carbocycles. The van der Waals surface area contributed by atoms with Gasteiger partial charge in [-0.3, -0.25) is 4.90 Å². The highest BCUT2D eigenvalue weighted by Gasteiger charge is 2.27. The number of aryl methyl sites for hydroxylation is 1. The maximum absolute atomic E-state index is 12.6. The summed E-state index contributed by atoms with van der Waals surface area (Å²) in [5, 5.41) is 0. The number of sulfonamides is 1. The van der Waals surface area contributed by atoms with Crippen LogP contribution in [0.5, 0.6) is 11.5 Å². The molecule has 2 aromatic rings. The lowest BCUT2D eigenvalue weighted by molar-refractivity contribution is 0.173. The predicted molar refractivity (Wildman–Crippen MR) is 108 cm³/mol. The van der Waals surface area contributed by atoms with Crippen molar-refractivity contribution in [3.63, 3.8) is 0 Å². The molecule has 0 aromatic heterocycles. The monoisotopic (exact) mass is 402 g/mol. The lowest BCUT2D eigenvalue weighted by Crippen LogP contribution is -2.38. The van der Waals surface area contributed by atoms with Crippen LogP contribution in [0.1, 0.15) is 30.0 Å². The standard InChI is InChI=1S/C21H26N2O4S/c24-28(25,13-10-17-6-2-1-3-7-17)22-15-19(23-11-4-5-12-23)18-8-9-20-21(14-18)27-16-26-20/h1-3,6-9,14,19,22H,4-5,10-13,15-16H2/t19-/m0/s1. The molecule has 0 radical (unpaired) electrons. The molecule has 1 N–H and O–H groups in total. The van der Waals surface area contributed by atoms with E-state index in [1.54, 1.807) is 0 Å². The number of nitrogens with one attached hydrogen (secondary N) is 1. The number of rotatable bonds is 8. The van der Waals surface area contributed by atoms with Gasteiger partial charge in [-0.1, -0.05) is 36.4 Å². The normalized spacial score (nSPS) is 17.7. The smallest absolute Gasteiger partial charge is 0.231 e. The van der Waals surface area contributed by atoms with Crippen molar-refractivity contribution < 1.29 is 17.9 Å². The highest BCUT2D eigenvalue weighted by molar-refractivity contribution is 7.89. The average Bonchev–Trinajstić information content (AvgIpc) is 3.39. The molecule has 0 unspecified atom stereocenters. The van der Waals surface area contributed by atoms with Crippen molar-refractivity contribution >= 4 is 10.0 Å². The van der Waals surface area contributed by atoms with Gasteiger partial charge in [0.05, 0.1) is 5.75 Å². The molecule has 7 heteroatoms. The van der Waals surface area contributed by atoms with Crippen LogP contribution in [0.15, 0.2) is 48.5 Å². The molecule has 28 heavy (non-hydrogen) atoms. The van der Waals surface area contributed by atoms with Crippen molar-refractivity contribution in [1.29, 1.82) is 0 Å². The predicted octanol–water partition coefficient (Wildman–Crippen LogP) is 2.71. The zero-order chi connectivity index (χ0) is 19.4. The van der Waals surface area contributed by atoms with Gasteiger partial charge in [0, 0.05) is 12.6 Å². The minimum atomic E-state index is -3.36. The number of fused-ring (bicyclic) bond motifs is 1. The maximum atomic E-state index is 12.6. The zero-order valence-electron chi connectivity index (χ0n) is 15.8. The van der Waals surface area contributed by atoms with E-state index >= 15 is 0 Å². The Bertz CT molecular complexity index is 896. The number of benzene rings is 2. The lowest BCUT2D eigenvalue weighted by Gasteiger charge is -2.28. The van der Waals surface area contributed by atoms with Gasteiger partial charge < -0.3 is 9.47 Å². The van der Waals surface area contributed by atoms with E-state index in [0.717, 1.165) is 48.6 Å². The number of hydrogen-bond acceptors (Lipinski definition) is 5. The van der Waals surface area contributed by atoms with Gasteiger partial charge in [-0.25, -0.2) is 13.1 Å². The summed E-state index contributed by atoms with van der Waals surface area (Å²) in [5.41, 5.74) is 2.08. The fourth-order valence-corrected chi connectivity index (χ4v) is 4.87. The first-order valence-corrected chi connectivity index (χ1v) is 11.4. The van der Waals surface area contributed by atoms with Crippen LogP contribution in [-0.2, 0) is 16.4 Å². The first-order chi connectivity index (χ1) is 13.6. The van der Waals surface area contributed by atoms with Gasteiger partial charge in [-0.2, -0.15) is 0 Å². The van der Waals surface area contributed by atoms with Crippen LogP contribution in [0.2, 0.25) is 0 Å². The lowest BCUT2D eigenvalue weighted by atomic mass is 10.1. The summed E-state index contributed by atoms with van der Waals surface area (Å²) in [7, 11) is -3.36. The van der Waals surface area contributed by atoms with Gasteiger partial charge >= 0.3 is 0 Å². The molecule has 2 aliphatic rings. The zero-order valence-corrected chi connectivity index (χ0v) is 16.7. The van der Waals surface area contributed by atoms with Crippen LogP contribution >= 0.6 is 0 Å². The minimum Gasteiger partial charge on any atom is -0.454 e. The van der Waals surface area contributed by atoms with E-state index in [2.05, 4.69) is 9.62 Å². The highest BCUT2D eigenvalue weighted by Crippen LogP contribution is 2.36. The van der Waals surface area contributed by atoms with Crippen LogP contribution in [0.3, 0.4) is 0 Å². The molecule has 1 atom stereocenters. The summed E-state index contributed by atoms with van der Waals surface area (Å²) in [6.45, 7) is 2.55. The first kappa shape index (κ1) is 19.2. The summed E-state index contributed by atoms with van der Waals surface area (Å²) in [4.78, 5) is 2.34. The van der Waals surface area contributed by atoms with Crippen molar-refractivity contribution in [2.45, 2.75) is 25.3 Å². The van der Waals surface area contributed by atoms with Gasteiger partial charge in [-0.15, -0.1) is 0 Å². The Labute approximate surface area is 166 Å². The van der Waals surface area contributed by atoms with Crippen molar-refractivity contribution in [3.8, 4) is 11.5 Å². The minimum absolute atomic E-state index is 0.0106. The van der Waals surface area contributed by atoms with E-state index in [1.165, 1.54) is 0 Å². The average molecular weight is 403 g/mol. The van der Waals surface area contributed by atoms with Gasteiger partial charge in [0.25, 0.3) is 0 Å². The molecule has 0 amide bonds. The fourth-order valence-electron chi connectivity index (χ4n) is 3.81. The third kappa shape index (κ3) is 4.66. The number of ether oxygens (including phenoxy) is 2. The Morgan fingerprint density at radius 3 is 2.54 bits per heavy atom. The quantitative estimate of drug-likeness (QED) is 0.735. The first-order valence-electron chi connectivity index (χ1n) is 9.76. The highest BCUT2D eigenvalue weighted by atomic mass is 32.2. The second-order valence-corrected chi connectivity index (χ2v) is 9.20.